The van der Waals surface area contributed by atoms with Crippen LogP contribution in [0.4, 0.5) is 14.9 Å². The van der Waals surface area contributed by atoms with Crippen LogP contribution in [0.15, 0.2) is 30.5 Å². The summed E-state index contributed by atoms with van der Waals surface area (Å²) in [5, 5.41) is 42.1. The Labute approximate surface area is 222 Å². The van der Waals surface area contributed by atoms with E-state index in [0.29, 0.717) is 42.8 Å². The summed E-state index contributed by atoms with van der Waals surface area (Å²) in [4.78, 5) is 57.9. The maximum absolute atomic E-state index is 12.2. The number of halogens is 1. The van der Waals surface area contributed by atoms with Gasteiger partial charge in [-0.2, -0.15) is 0 Å². The zero-order valence-electron chi connectivity index (χ0n) is 21.0. The van der Waals surface area contributed by atoms with Gasteiger partial charge in [-0.1, -0.05) is 17.3 Å². The number of alkyl halides is 1. The number of anilines is 1. The number of carboxylic acid groups (broad SMARTS) is 3. The second-order valence-corrected chi connectivity index (χ2v) is 8.65. The first-order valence-electron chi connectivity index (χ1n) is 12.2. The van der Waals surface area contributed by atoms with Crippen LogP contribution in [0.25, 0.3) is 0 Å². The summed E-state index contributed by atoms with van der Waals surface area (Å²) >= 11 is 0. The number of urea groups is 1. The molecule has 0 spiro atoms. The summed E-state index contributed by atoms with van der Waals surface area (Å²) in [6, 6.07) is 2.35. The van der Waals surface area contributed by atoms with E-state index in [4.69, 9.17) is 10.2 Å². The lowest BCUT2D eigenvalue weighted by molar-refractivity contribution is -0.140. The number of aliphatic carboxylic acids is 3. The van der Waals surface area contributed by atoms with Crippen LogP contribution in [0.2, 0.25) is 0 Å². The Morgan fingerprint density at radius 3 is 2.21 bits per heavy atom. The van der Waals surface area contributed by atoms with E-state index in [2.05, 4.69) is 26.3 Å². The monoisotopic (exact) mass is 550 g/mol. The lowest BCUT2D eigenvalue weighted by atomic mass is 10.1. The van der Waals surface area contributed by atoms with Gasteiger partial charge in [-0.25, -0.2) is 14.4 Å². The number of amides is 3. The molecule has 1 aromatic carbocycles. The smallest absolute Gasteiger partial charge is 0.326 e. The van der Waals surface area contributed by atoms with E-state index < -0.39 is 49.1 Å². The van der Waals surface area contributed by atoms with Gasteiger partial charge in [-0.3, -0.25) is 18.7 Å². The molecule has 2 aromatic rings. The number of aryl methyl sites for hydroxylation is 2. The maximum Gasteiger partial charge on any atom is 0.326 e. The van der Waals surface area contributed by atoms with Gasteiger partial charge in [0.15, 0.2) is 0 Å². The molecular weight excluding hydrogens is 519 g/mol. The number of nitrogens with one attached hydrogen (secondary N) is 3. The summed E-state index contributed by atoms with van der Waals surface area (Å²) in [5.74, 6) is -4.28. The molecule has 39 heavy (non-hydrogen) atoms. The molecule has 3 amide bonds. The van der Waals surface area contributed by atoms with Crippen molar-refractivity contribution in [1.29, 1.82) is 0 Å². The van der Waals surface area contributed by atoms with Crippen molar-refractivity contribution in [3.63, 3.8) is 0 Å². The third-order valence-corrected chi connectivity index (χ3v) is 5.47. The molecular formula is C24H31FN6O8. The summed E-state index contributed by atoms with van der Waals surface area (Å²) in [6.45, 7) is 0.0493. The zero-order valence-corrected chi connectivity index (χ0v) is 21.0. The zero-order chi connectivity index (χ0) is 28.8. The first-order chi connectivity index (χ1) is 18.6. The maximum atomic E-state index is 12.2. The molecule has 2 rings (SSSR count). The number of hydrogen-bond donors (Lipinski definition) is 6. The first-order valence-corrected chi connectivity index (χ1v) is 12.2. The summed E-state index contributed by atoms with van der Waals surface area (Å²) < 4.78 is 13.8. The summed E-state index contributed by atoms with van der Waals surface area (Å²) in [6.07, 6.45) is 2.33. The normalized spacial score (nSPS) is 12.2. The quantitative estimate of drug-likeness (QED) is 0.166. The van der Waals surface area contributed by atoms with Crippen LogP contribution >= 0.6 is 0 Å². The van der Waals surface area contributed by atoms with Crippen molar-refractivity contribution >= 4 is 35.5 Å². The number of carbonyl (C=O) groups excluding carboxylic acids is 2. The Balaban J connectivity index is 1.82. The molecule has 14 nitrogen and oxygen atoms in total. The Morgan fingerprint density at radius 2 is 1.59 bits per heavy atom. The Morgan fingerprint density at radius 1 is 0.923 bits per heavy atom. The molecule has 1 heterocycles. The molecule has 15 heteroatoms. The predicted octanol–water partition coefficient (Wildman–Crippen LogP) is 1.21. The van der Waals surface area contributed by atoms with E-state index in [1.54, 1.807) is 35.1 Å². The van der Waals surface area contributed by atoms with Crippen molar-refractivity contribution < 1.29 is 43.7 Å². The fourth-order valence-corrected chi connectivity index (χ4v) is 3.48. The van der Waals surface area contributed by atoms with Gasteiger partial charge in [0, 0.05) is 37.7 Å². The van der Waals surface area contributed by atoms with Crippen molar-refractivity contribution in [2.75, 3.05) is 12.0 Å². The molecule has 0 aliphatic carbocycles. The third kappa shape index (κ3) is 11.6. The minimum atomic E-state index is -1.50. The molecule has 6 N–H and O–H groups in total. The van der Waals surface area contributed by atoms with Gasteiger partial charge in [-0.15, -0.1) is 5.10 Å². The van der Waals surface area contributed by atoms with Crippen LogP contribution in [-0.4, -0.2) is 78.9 Å². The van der Waals surface area contributed by atoms with E-state index >= 15 is 0 Å². The highest BCUT2D eigenvalue weighted by molar-refractivity contribution is 5.90. The molecule has 0 radical (unpaired) electrons. The van der Waals surface area contributed by atoms with Crippen molar-refractivity contribution in [2.24, 2.45) is 0 Å². The standard InChI is InChI=1S/C24H31FN6O8/c25-11-1-3-17-14-31(30-29-17)12-2-4-20(32)26-16-7-5-15(6-8-16)13-19(23(37)38)28-24(39)27-18(22(35)36)9-10-21(33)34/h5-8,14,18-19H,1-4,9-13H2,(H,26,32)(H,33,34)(H,35,36)(H,37,38)(H2,27,28,39)/t18-,19-/m0/s1. The molecule has 0 fully saturated rings. The van der Waals surface area contributed by atoms with E-state index in [9.17, 15) is 33.5 Å². The molecule has 0 unspecified atom stereocenters. The largest absolute Gasteiger partial charge is 0.481 e. The molecule has 0 bridgehead atoms. The SMILES string of the molecule is O=C(O)CC[C@H](NC(=O)N[C@@H](Cc1ccc(NC(=O)CCCn2cc(CCCF)nn2)cc1)C(=O)O)C(=O)O. The van der Waals surface area contributed by atoms with E-state index in [-0.39, 0.29) is 25.2 Å². The van der Waals surface area contributed by atoms with Gasteiger partial charge >= 0.3 is 23.9 Å². The molecule has 0 saturated heterocycles. The molecule has 1 aromatic heterocycles. The topological polar surface area (TPSA) is 213 Å². The Hall–Kier alpha value is -4.56. The fourth-order valence-electron chi connectivity index (χ4n) is 3.48. The van der Waals surface area contributed by atoms with Crippen molar-refractivity contribution in [1.82, 2.24) is 25.6 Å². The van der Waals surface area contributed by atoms with Gasteiger partial charge in [0.05, 0.1) is 12.4 Å². The first kappa shape index (κ1) is 30.7. The van der Waals surface area contributed by atoms with Crippen LogP contribution in [0.3, 0.4) is 0 Å². The van der Waals surface area contributed by atoms with Gasteiger partial charge in [0.1, 0.15) is 12.1 Å². The van der Waals surface area contributed by atoms with Crippen LogP contribution in [0.5, 0.6) is 0 Å². The van der Waals surface area contributed by atoms with Crippen LogP contribution in [0.1, 0.15) is 43.4 Å². The number of benzene rings is 1. The minimum Gasteiger partial charge on any atom is -0.481 e. The van der Waals surface area contributed by atoms with Crippen LogP contribution < -0.4 is 16.0 Å². The number of rotatable bonds is 17. The molecule has 0 aliphatic rings. The van der Waals surface area contributed by atoms with E-state index in [0.717, 1.165) is 0 Å². The van der Waals surface area contributed by atoms with Gasteiger partial charge < -0.3 is 31.3 Å². The summed E-state index contributed by atoms with van der Waals surface area (Å²) in [7, 11) is 0. The number of carboxylic acids is 3. The number of carbonyl (C=O) groups is 5. The highest BCUT2D eigenvalue weighted by Gasteiger charge is 2.25. The Kier molecular flexibility index (Phi) is 12.3. The lowest BCUT2D eigenvalue weighted by Crippen LogP contribution is -2.51. The molecule has 2 atom stereocenters. The van der Waals surface area contributed by atoms with Crippen molar-refractivity contribution in [2.45, 2.75) is 63.6 Å². The summed E-state index contributed by atoms with van der Waals surface area (Å²) in [5.41, 5.74) is 1.70. The number of aromatic nitrogens is 3. The number of nitrogens with zero attached hydrogens (tertiary/aromatic N) is 3. The van der Waals surface area contributed by atoms with Gasteiger partial charge in [0.2, 0.25) is 5.91 Å². The van der Waals surface area contributed by atoms with E-state index in [1.165, 1.54) is 0 Å². The highest BCUT2D eigenvalue weighted by Crippen LogP contribution is 2.13. The van der Waals surface area contributed by atoms with Gasteiger partial charge in [0.25, 0.3) is 0 Å². The predicted molar refractivity (Wildman–Crippen MR) is 134 cm³/mol. The second kappa shape index (κ2) is 15.6. The third-order valence-electron chi connectivity index (χ3n) is 5.47. The lowest BCUT2D eigenvalue weighted by Gasteiger charge is -2.18. The molecule has 0 aliphatic heterocycles. The van der Waals surface area contributed by atoms with E-state index in [1.807, 2.05) is 0 Å². The minimum absolute atomic E-state index is 0.130. The average molecular weight is 551 g/mol. The van der Waals surface area contributed by atoms with Crippen molar-refractivity contribution in [3.8, 4) is 0 Å². The van der Waals surface area contributed by atoms with Crippen LogP contribution in [-0.2, 0) is 38.6 Å². The van der Waals surface area contributed by atoms with Crippen molar-refractivity contribution in [3.05, 3.63) is 41.7 Å². The molecule has 0 saturated carbocycles. The average Bonchev–Trinajstić information content (AvgIpc) is 3.33. The molecule has 212 valence electrons. The fraction of sp³-hybridized carbons (Fsp3) is 0.458. The second-order valence-electron chi connectivity index (χ2n) is 8.65. The number of hydrogen-bond acceptors (Lipinski definition) is 7. The van der Waals surface area contributed by atoms with Gasteiger partial charge in [-0.05, 0) is 43.4 Å². The Bertz CT molecular complexity index is 1140. The highest BCUT2D eigenvalue weighted by atomic mass is 19.1. The van der Waals surface area contributed by atoms with Crippen LogP contribution in [0, 0.1) is 0 Å².